The first-order valence-corrected chi connectivity index (χ1v) is 5.62. The van der Waals surface area contributed by atoms with Gasteiger partial charge in [0.05, 0.1) is 11.5 Å². The Morgan fingerprint density at radius 1 is 1.37 bits per heavy atom. The van der Waals surface area contributed by atoms with Gasteiger partial charge in [0.1, 0.15) is 12.1 Å². The molecular weight excluding hydrogens is 248 g/mol. The van der Waals surface area contributed by atoms with Crippen molar-refractivity contribution in [3.05, 3.63) is 40.7 Å². The average Bonchev–Trinajstić information content (AvgIpc) is 2.39. The van der Waals surface area contributed by atoms with E-state index in [2.05, 4.69) is 9.97 Å². The minimum Gasteiger partial charge on any atom is -0.493 e. The molecule has 0 bridgehead atoms. The first-order valence-electron chi connectivity index (χ1n) is 5.62. The molecule has 7 heteroatoms. The number of anilines is 1. The molecule has 19 heavy (non-hydrogen) atoms. The van der Waals surface area contributed by atoms with Gasteiger partial charge in [-0.25, -0.2) is 9.97 Å². The number of rotatable bonds is 4. The SMILES string of the molecule is CCOc1ccccc1-c1ncnc(N)c1[N+](=O)[O-]. The summed E-state index contributed by atoms with van der Waals surface area (Å²) in [5, 5.41) is 11.1. The van der Waals surface area contributed by atoms with Crippen LogP contribution < -0.4 is 10.5 Å². The van der Waals surface area contributed by atoms with Gasteiger partial charge in [0.15, 0.2) is 5.69 Å². The van der Waals surface area contributed by atoms with Crippen LogP contribution in [0.3, 0.4) is 0 Å². The minimum absolute atomic E-state index is 0.154. The van der Waals surface area contributed by atoms with E-state index in [1.54, 1.807) is 24.3 Å². The molecular formula is C12H12N4O3. The van der Waals surface area contributed by atoms with Crippen molar-refractivity contribution < 1.29 is 9.66 Å². The molecule has 1 heterocycles. The van der Waals surface area contributed by atoms with Crippen LogP contribution in [0.5, 0.6) is 5.75 Å². The van der Waals surface area contributed by atoms with E-state index in [-0.39, 0.29) is 17.2 Å². The van der Waals surface area contributed by atoms with E-state index in [1.807, 2.05) is 6.92 Å². The lowest BCUT2D eigenvalue weighted by Gasteiger charge is -2.09. The molecule has 0 saturated heterocycles. The molecule has 98 valence electrons. The van der Waals surface area contributed by atoms with E-state index in [0.717, 1.165) is 0 Å². The Labute approximate surface area is 109 Å². The summed E-state index contributed by atoms with van der Waals surface area (Å²) in [5.41, 5.74) is 5.91. The monoisotopic (exact) mass is 260 g/mol. The molecule has 0 radical (unpaired) electrons. The van der Waals surface area contributed by atoms with Crippen molar-refractivity contribution in [2.75, 3.05) is 12.3 Å². The van der Waals surface area contributed by atoms with Crippen LogP contribution in [0.1, 0.15) is 6.92 Å². The van der Waals surface area contributed by atoms with Crippen LogP contribution in [-0.4, -0.2) is 21.5 Å². The van der Waals surface area contributed by atoms with E-state index >= 15 is 0 Å². The Hall–Kier alpha value is -2.70. The maximum atomic E-state index is 11.1. The van der Waals surface area contributed by atoms with E-state index in [9.17, 15) is 10.1 Å². The van der Waals surface area contributed by atoms with Crippen LogP contribution in [0.25, 0.3) is 11.3 Å². The summed E-state index contributed by atoms with van der Waals surface area (Å²) in [6.07, 6.45) is 1.19. The van der Waals surface area contributed by atoms with Crippen molar-refractivity contribution in [2.24, 2.45) is 0 Å². The Morgan fingerprint density at radius 3 is 2.79 bits per heavy atom. The van der Waals surface area contributed by atoms with Crippen molar-refractivity contribution in [1.29, 1.82) is 0 Å². The van der Waals surface area contributed by atoms with Crippen LogP contribution in [0.15, 0.2) is 30.6 Å². The third-order valence-corrected chi connectivity index (χ3v) is 2.48. The Kier molecular flexibility index (Phi) is 3.56. The normalized spacial score (nSPS) is 10.2. The van der Waals surface area contributed by atoms with E-state index in [1.165, 1.54) is 6.33 Å². The summed E-state index contributed by atoms with van der Waals surface area (Å²) >= 11 is 0. The topological polar surface area (TPSA) is 104 Å². The van der Waals surface area contributed by atoms with Crippen molar-refractivity contribution in [1.82, 2.24) is 9.97 Å². The highest BCUT2D eigenvalue weighted by molar-refractivity contribution is 5.79. The molecule has 2 N–H and O–H groups in total. The number of nitrogen functional groups attached to an aromatic ring is 1. The predicted molar refractivity (Wildman–Crippen MR) is 69.7 cm³/mol. The molecule has 0 unspecified atom stereocenters. The number of benzene rings is 1. The van der Waals surface area contributed by atoms with Crippen molar-refractivity contribution in [3.63, 3.8) is 0 Å². The number of para-hydroxylation sites is 1. The third-order valence-electron chi connectivity index (χ3n) is 2.48. The molecule has 0 amide bonds. The largest absolute Gasteiger partial charge is 0.493 e. The van der Waals surface area contributed by atoms with Gasteiger partial charge in [-0.05, 0) is 19.1 Å². The van der Waals surface area contributed by atoms with Crippen LogP contribution in [0, 0.1) is 10.1 Å². The number of hydrogen-bond acceptors (Lipinski definition) is 6. The highest BCUT2D eigenvalue weighted by Gasteiger charge is 2.24. The second-order valence-electron chi connectivity index (χ2n) is 3.64. The maximum Gasteiger partial charge on any atom is 0.337 e. The molecule has 0 fully saturated rings. The molecule has 0 spiro atoms. The van der Waals surface area contributed by atoms with Gasteiger partial charge < -0.3 is 10.5 Å². The maximum absolute atomic E-state index is 11.1. The number of nitro groups is 1. The van der Waals surface area contributed by atoms with Gasteiger partial charge in [-0.1, -0.05) is 12.1 Å². The van der Waals surface area contributed by atoms with E-state index in [4.69, 9.17) is 10.5 Å². The Balaban J connectivity index is 2.65. The number of nitrogens with two attached hydrogens (primary N) is 1. The second kappa shape index (κ2) is 5.30. The third kappa shape index (κ3) is 2.44. The summed E-state index contributed by atoms with van der Waals surface area (Å²) < 4.78 is 5.44. The lowest BCUT2D eigenvalue weighted by Crippen LogP contribution is -2.03. The molecule has 2 rings (SSSR count). The van der Waals surface area contributed by atoms with E-state index < -0.39 is 4.92 Å². The fourth-order valence-corrected chi connectivity index (χ4v) is 1.71. The second-order valence-corrected chi connectivity index (χ2v) is 3.64. The summed E-state index contributed by atoms with van der Waals surface area (Å²) in [4.78, 5) is 18.1. The highest BCUT2D eigenvalue weighted by atomic mass is 16.6. The zero-order chi connectivity index (χ0) is 13.8. The molecule has 0 saturated carbocycles. The van der Waals surface area contributed by atoms with Gasteiger partial charge in [-0.2, -0.15) is 0 Å². The van der Waals surface area contributed by atoms with Crippen LogP contribution in [0.2, 0.25) is 0 Å². The smallest absolute Gasteiger partial charge is 0.337 e. The number of nitrogens with zero attached hydrogens (tertiary/aromatic N) is 3. The quantitative estimate of drug-likeness (QED) is 0.666. The van der Waals surface area contributed by atoms with Crippen molar-refractivity contribution in [2.45, 2.75) is 6.92 Å². The predicted octanol–water partition coefficient (Wildman–Crippen LogP) is 2.03. The van der Waals surface area contributed by atoms with Crippen LogP contribution >= 0.6 is 0 Å². The average molecular weight is 260 g/mol. The molecule has 2 aromatic rings. The van der Waals surface area contributed by atoms with Crippen molar-refractivity contribution >= 4 is 11.5 Å². The van der Waals surface area contributed by atoms with Crippen LogP contribution in [0.4, 0.5) is 11.5 Å². The molecule has 1 aromatic carbocycles. The molecule has 1 aromatic heterocycles. The fourth-order valence-electron chi connectivity index (χ4n) is 1.71. The van der Waals surface area contributed by atoms with Gasteiger partial charge in [-0.3, -0.25) is 10.1 Å². The van der Waals surface area contributed by atoms with Gasteiger partial charge >= 0.3 is 5.69 Å². The molecule has 0 aliphatic heterocycles. The lowest BCUT2D eigenvalue weighted by atomic mass is 10.1. The Morgan fingerprint density at radius 2 is 2.11 bits per heavy atom. The minimum atomic E-state index is -0.590. The van der Waals surface area contributed by atoms with Gasteiger partial charge in [0.2, 0.25) is 5.82 Å². The molecule has 0 atom stereocenters. The summed E-state index contributed by atoms with van der Waals surface area (Å²) in [7, 11) is 0. The number of ether oxygens (including phenoxy) is 1. The van der Waals surface area contributed by atoms with Gasteiger partial charge in [-0.15, -0.1) is 0 Å². The summed E-state index contributed by atoms with van der Waals surface area (Å²) in [6.45, 7) is 2.28. The zero-order valence-corrected chi connectivity index (χ0v) is 10.2. The van der Waals surface area contributed by atoms with Crippen molar-refractivity contribution in [3.8, 4) is 17.0 Å². The first-order chi connectivity index (χ1) is 9.15. The lowest BCUT2D eigenvalue weighted by molar-refractivity contribution is -0.383. The summed E-state index contributed by atoms with van der Waals surface area (Å²) in [5.74, 6) is 0.354. The zero-order valence-electron chi connectivity index (χ0n) is 10.2. The first kappa shape index (κ1) is 12.7. The van der Waals surface area contributed by atoms with Gasteiger partial charge in [0, 0.05) is 5.56 Å². The Bertz CT molecular complexity index is 616. The van der Waals surface area contributed by atoms with Gasteiger partial charge in [0.25, 0.3) is 0 Å². The highest BCUT2D eigenvalue weighted by Crippen LogP contribution is 2.36. The fraction of sp³-hybridized carbons (Fsp3) is 0.167. The molecule has 0 aliphatic carbocycles. The number of aromatic nitrogens is 2. The van der Waals surface area contributed by atoms with E-state index in [0.29, 0.717) is 17.9 Å². The standard InChI is InChI=1S/C12H12N4O3/c1-2-19-9-6-4-3-5-8(9)10-11(16(17)18)12(13)15-7-14-10/h3-7H,2H2,1H3,(H2,13,14,15). The van der Waals surface area contributed by atoms with Crippen LogP contribution in [-0.2, 0) is 0 Å². The molecule has 0 aliphatic rings. The number of hydrogen-bond donors (Lipinski definition) is 1. The summed E-state index contributed by atoms with van der Waals surface area (Å²) in [6, 6.07) is 6.95. The molecule has 7 nitrogen and oxygen atoms in total.